The summed E-state index contributed by atoms with van der Waals surface area (Å²) in [4.78, 5) is 24.9. The van der Waals surface area contributed by atoms with Crippen LogP contribution < -0.4 is 9.47 Å². The second-order valence-corrected chi connectivity index (χ2v) is 6.31. The lowest BCUT2D eigenvalue weighted by Crippen LogP contribution is -2.43. The Kier molecular flexibility index (Phi) is 5.72. The molecule has 1 amide bonds. The number of rotatable bonds is 7. The highest BCUT2D eigenvalue weighted by Crippen LogP contribution is 2.35. The van der Waals surface area contributed by atoms with E-state index in [9.17, 15) is 14.7 Å². The van der Waals surface area contributed by atoms with Crippen LogP contribution in [0, 0.1) is 5.92 Å². The van der Waals surface area contributed by atoms with E-state index in [0.717, 1.165) is 0 Å². The van der Waals surface area contributed by atoms with Crippen LogP contribution in [0.25, 0.3) is 0 Å². The molecule has 0 aromatic heterocycles. The predicted molar refractivity (Wildman–Crippen MR) is 89.3 cm³/mol. The van der Waals surface area contributed by atoms with Gasteiger partial charge in [-0.05, 0) is 24.5 Å². The minimum absolute atomic E-state index is 0.0933. The number of nitrogens with zero attached hydrogens (tertiary/aromatic N) is 1. The predicted octanol–water partition coefficient (Wildman–Crippen LogP) is 2.95. The summed E-state index contributed by atoms with van der Waals surface area (Å²) in [6, 6.07) is 4.18. The number of aliphatic carboxylic acids is 1. The summed E-state index contributed by atoms with van der Waals surface area (Å²) in [5, 5.41) is 9.69. The first-order valence-corrected chi connectivity index (χ1v) is 7.95. The first-order chi connectivity index (χ1) is 11.3. The average molecular weight is 354 g/mol. The molecule has 1 aliphatic rings. The zero-order valence-electron chi connectivity index (χ0n) is 13.8. The Hall–Kier alpha value is -2.21. The van der Waals surface area contributed by atoms with E-state index < -0.39 is 12.0 Å². The number of carbonyl (C=O) groups is 2. The molecule has 6 nitrogen and oxygen atoms in total. The maximum Gasteiger partial charge on any atom is 0.326 e. The second kappa shape index (κ2) is 7.57. The van der Waals surface area contributed by atoms with E-state index in [1.807, 2.05) is 13.8 Å². The van der Waals surface area contributed by atoms with Crippen molar-refractivity contribution in [3.63, 3.8) is 0 Å². The number of methoxy groups -OCH3 is 1. The van der Waals surface area contributed by atoms with Crippen LogP contribution in [0.15, 0.2) is 30.0 Å². The standard InChI is InChI=1S/C17H20ClNO5/c1-10(2)7-12(17(21)22)19-9-11(8-15(19)20)24-14-6-4-5-13(23-3)16(14)18/h4-6,8,10,12H,7,9H2,1-3H3,(H,21,22)/t12-/m0/s1. The van der Waals surface area contributed by atoms with Crippen molar-refractivity contribution in [2.75, 3.05) is 13.7 Å². The lowest BCUT2D eigenvalue weighted by molar-refractivity contribution is -0.148. The number of hydrogen-bond donors (Lipinski definition) is 1. The molecule has 1 aromatic rings. The Bertz CT molecular complexity index is 671. The van der Waals surface area contributed by atoms with Gasteiger partial charge >= 0.3 is 5.97 Å². The van der Waals surface area contributed by atoms with Gasteiger partial charge in [0.05, 0.1) is 13.7 Å². The number of ether oxygens (including phenoxy) is 2. The van der Waals surface area contributed by atoms with Gasteiger partial charge in [-0.2, -0.15) is 0 Å². The molecule has 0 fully saturated rings. The monoisotopic (exact) mass is 353 g/mol. The van der Waals surface area contributed by atoms with Crippen molar-refractivity contribution >= 4 is 23.5 Å². The summed E-state index contributed by atoms with van der Waals surface area (Å²) in [6.45, 7) is 3.92. The highest BCUT2D eigenvalue weighted by atomic mass is 35.5. The van der Waals surface area contributed by atoms with E-state index in [-0.39, 0.29) is 18.4 Å². The first-order valence-electron chi connectivity index (χ1n) is 7.57. The van der Waals surface area contributed by atoms with Crippen LogP contribution in [-0.4, -0.2) is 41.6 Å². The van der Waals surface area contributed by atoms with Gasteiger partial charge in [0.1, 0.15) is 28.3 Å². The van der Waals surface area contributed by atoms with Crippen LogP contribution in [0.3, 0.4) is 0 Å². The smallest absolute Gasteiger partial charge is 0.326 e. The molecular formula is C17H20ClNO5. The summed E-state index contributed by atoms with van der Waals surface area (Å²) in [5.74, 6) is -0.0862. The van der Waals surface area contributed by atoms with Gasteiger partial charge in [-0.15, -0.1) is 0 Å². The molecule has 130 valence electrons. The van der Waals surface area contributed by atoms with Gasteiger partial charge in [-0.3, -0.25) is 4.79 Å². The van der Waals surface area contributed by atoms with Gasteiger partial charge in [-0.1, -0.05) is 31.5 Å². The summed E-state index contributed by atoms with van der Waals surface area (Å²) in [5.41, 5.74) is 0. The highest BCUT2D eigenvalue weighted by Gasteiger charge is 2.34. The Morgan fingerprint density at radius 2 is 2.04 bits per heavy atom. The number of carbonyl (C=O) groups excluding carboxylic acids is 1. The molecule has 0 spiro atoms. The molecule has 24 heavy (non-hydrogen) atoms. The Balaban J connectivity index is 2.14. The summed E-state index contributed by atoms with van der Waals surface area (Å²) in [6.07, 6.45) is 1.67. The molecule has 1 N–H and O–H groups in total. The molecule has 0 radical (unpaired) electrons. The van der Waals surface area contributed by atoms with E-state index in [0.29, 0.717) is 28.7 Å². The SMILES string of the molecule is COc1cccc(OC2=CC(=O)N([C@@H](CC(C)C)C(=O)O)C2)c1Cl. The van der Waals surface area contributed by atoms with Crippen LogP contribution in [0.4, 0.5) is 0 Å². The molecule has 0 unspecified atom stereocenters. The van der Waals surface area contributed by atoms with Crippen LogP contribution in [0.2, 0.25) is 5.02 Å². The third kappa shape index (κ3) is 4.00. The molecule has 1 aromatic carbocycles. The Morgan fingerprint density at radius 3 is 2.62 bits per heavy atom. The quantitative estimate of drug-likeness (QED) is 0.815. The maximum absolute atomic E-state index is 12.2. The van der Waals surface area contributed by atoms with Gasteiger partial charge in [0.2, 0.25) is 0 Å². The van der Waals surface area contributed by atoms with Gasteiger partial charge in [0.15, 0.2) is 0 Å². The van der Waals surface area contributed by atoms with Crippen LogP contribution in [-0.2, 0) is 9.59 Å². The van der Waals surface area contributed by atoms with Crippen molar-refractivity contribution in [1.29, 1.82) is 0 Å². The van der Waals surface area contributed by atoms with Gasteiger partial charge in [-0.25, -0.2) is 4.79 Å². The molecule has 2 rings (SSSR count). The van der Waals surface area contributed by atoms with Crippen molar-refractivity contribution < 1.29 is 24.2 Å². The van der Waals surface area contributed by atoms with Gasteiger partial charge in [0.25, 0.3) is 5.91 Å². The summed E-state index contributed by atoms with van der Waals surface area (Å²) < 4.78 is 10.8. The van der Waals surface area contributed by atoms with E-state index >= 15 is 0 Å². The van der Waals surface area contributed by atoms with Gasteiger partial charge in [0, 0.05) is 6.08 Å². The maximum atomic E-state index is 12.2. The number of hydrogen-bond acceptors (Lipinski definition) is 4. The zero-order chi connectivity index (χ0) is 17.9. The average Bonchev–Trinajstić information content (AvgIpc) is 2.87. The van der Waals surface area contributed by atoms with E-state index in [2.05, 4.69) is 0 Å². The van der Waals surface area contributed by atoms with Crippen molar-refractivity contribution in [1.82, 2.24) is 4.90 Å². The number of benzene rings is 1. The molecule has 7 heteroatoms. The number of carboxylic acids is 1. The van der Waals surface area contributed by atoms with Gasteiger partial charge < -0.3 is 19.5 Å². The highest BCUT2D eigenvalue weighted by molar-refractivity contribution is 6.33. The van der Waals surface area contributed by atoms with Crippen molar-refractivity contribution in [3.05, 3.63) is 35.1 Å². The normalized spacial score (nSPS) is 15.5. The van der Waals surface area contributed by atoms with Crippen molar-refractivity contribution in [3.8, 4) is 11.5 Å². The molecule has 0 saturated carbocycles. The van der Waals surface area contributed by atoms with Crippen LogP contribution in [0.5, 0.6) is 11.5 Å². The molecule has 1 heterocycles. The van der Waals surface area contributed by atoms with E-state index in [4.69, 9.17) is 21.1 Å². The van der Waals surface area contributed by atoms with Crippen LogP contribution in [0.1, 0.15) is 20.3 Å². The summed E-state index contributed by atoms with van der Waals surface area (Å²) in [7, 11) is 1.49. The first kappa shape index (κ1) is 18.1. The van der Waals surface area contributed by atoms with Crippen LogP contribution >= 0.6 is 11.6 Å². The van der Waals surface area contributed by atoms with E-state index in [1.165, 1.54) is 18.1 Å². The fraction of sp³-hybridized carbons (Fsp3) is 0.412. The lowest BCUT2D eigenvalue weighted by atomic mass is 10.0. The lowest BCUT2D eigenvalue weighted by Gasteiger charge is -2.25. The number of amides is 1. The molecule has 0 saturated heterocycles. The minimum Gasteiger partial charge on any atom is -0.495 e. The minimum atomic E-state index is -1.02. The number of halogens is 1. The molecular weight excluding hydrogens is 334 g/mol. The topological polar surface area (TPSA) is 76.1 Å². The molecule has 1 atom stereocenters. The van der Waals surface area contributed by atoms with E-state index in [1.54, 1.807) is 18.2 Å². The Labute approximate surface area is 145 Å². The molecule has 0 bridgehead atoms. The fourth-order valence-electron chi connectivity index (χ4n) is 2.51. The summed E-state index contributed by atoms with van der Waals surface area (Å²) >= 11 is 6.17. The van der Waals surface area contributed by atoms with Crippen molar-refractivity contribution in [2.24, 2.45) is 5.92 Å². The Morgan fingerprint density at radius 1 is 1.38 bits per heavy atom. The largest absolute Gasteiger partial charge is 0.495 e. The third-order valence-corrected chi connectivity index (χ3v) is 4.01. The molecule has 0 aliphatic carbocycles. The zero-order valence-corrected chi connectivity index (χ0v) is 14.5. The fourth-order valence-corrected chi connectivity index (χ4v) is 2.76. The molecule has 1 aliphatic heterocycles. The number of carboxylic acid groups (broad SMARTS) is 1. The van der Waals surface area contributed by atoms with Crippen molar-refractivity contribution in [2.45, 2.75) is 26.3 Å². The third-order valence-electron chi connectivity index (χ3n) is 3.64. The second-order valence-electron chi connectivity index (χ2n) is 5.93.